The zero-order valence-electron chi connectivity index (χ0n) is 16.1. The van der Waals surface area contributed by atoms with E-state index in [1.165, 1.54) is 16.0 Å². The van der Waals surface area contributed by atoms with Crippen molar-refractivity contribution < 1.29 is 27.5 Å². The van der Waals surface area contributed by atoms with Crippen LogP contribution in [0.3, 0.4) is 0 Å². The van der Waals surface area contributed by atoms with Crippen molar-refractivity contribution in [3.8, 4) is 0 Å². The summed E-state index contributed by atoms with van der Waals surface area (Å²) < 4.78 is 41.1. The van der Waals surface area contributed by atoms with Crippen molar-refractivity contribution in [2.75, 3.05) is 26.7 Å². The van der Waals surface area contributed by atoms with Gasteiger partial charge in [-0.15, -0.1) is 0 Å². The molecule has 0 radical (unpaired) electrons. The number of hydrogen-bond donors (Lipinski definition) is 0. The Bertz CT molecular complexity index is 751. The summed E-state index contributed by atoms with van der Waals surface area (Å²) in [4.78, 5) is 28.1. The van der Waals surface area contributed by atoms with E-state index in [-0.39, 0.29) is 12.0 Å². The Morgan fingerprint density at radius 2 is 1.96 bits per heavy atom. The lowest BCUT2D eigenvalue weighted by Crippen LogP contribution is -2.45. The maximum atomic E-state index is 12.6. The first-order chi connectivity index (χ1) is 13.1. The average molecular weight is 398 g/mol. The summed E-state index contributed by atoms with van der Waals surface area (Å²) in [5, 5.41) is 0. The number of fused-ring (bicyclic) bond motifs is 1. The number of amides is 1. The summed E-state index contributed by atoms with van der Waals surface area (Å²) in [6.45, 7) is 2.34. The number of piperidine rings is 1. The van der Waals surface area contributed by atoms with E-state index in [0.29, 0.717) is 13.0 Å². The predicted molar refractivity (Wildman–Crippen MR) is 96.3 cm³/mol. The molecule has 0 spiro atoms. The minimum Gasteiger partial charge on any atom is -0.449 e. The van der Waals surface area contributed by atoms with Gasteiger partial charge in [0.15, 0.2) is 6.61 Å². The lowest BCUT2D eigenvalue weighted by atomic mass is 9.87. The van der Waals surface area contributed by atoms with Gasteiger partial charge in [-0.1, -0.05) is 25.1 Å². The lowest BCUT2D eigenvalue weighted by molar-refractivity contribution is -0.190. The van der Waals surface area contributed by atoms with Crippen LogP contribution in [0.25, 0.3) is 0 Å². The maximum Gasteiger partial charge on any atom is 0.422 e. The molecule has 1 fully saturated rings. The summed E-state index contributed by atoms with van der Waals surface area (Å²) in [7, 11) is 2.06. The number of nitrogens with zero attached hydrogens (tertiary/aromatic N) is 2. The molecular weight excluding hydrogens is 373 g/mol. The number of ether oxygens (including phenoxy) is 1. The van der Waals surface area contributed by atoms with Crippen LogP contribution >= 0.6 is 0 Å². The second-order valence-electron chi connectivity index (χ2n) is 7.86. The molecule has 0 unspecified atom stereocenters. The van der Waals surface area contributed by atoms with Crippen molar-refractivity contribution in [2.24, 2.45) is 5.92 Å². The first-order valence-electron chi connectivity index (χ1n) is 9.49. The summed E-state index contributed by atoms with van der Waals surface area (Å²) >= 11 is 0. The van der Waals surface area contributed by atoms with Crippen molar-refractivity contribution in [1.82, 2.24) is 9.80 Å². The molecular formula is C20H25F3N2O3. The Morgan fingerprint density at radius 1 is 1.21 bits per heavy atom. The van der Waals surface area contributed by atoms with E-state index in [4.69, 9.17) is 0 Å². The predicted octanol–water partition coefficient (Wildman–Crippen LogP) is 3.08. The molecule has 2 aliphatic heterocycles. The Balaban J connectivity index is 1.79. The van der Waals surface area contributed by atoms with Gasteiger partial charge in [-0.05, 0) is 48.9 Å². The summed E-state index contributed by atoms with van der Waals surface area (Å²) in [5.41, 5.74) is 3.39. The van der Waals surface area contributed by atoms with Gasteiger partial charge in [-0.3, -0.25) is 4.79 Å². The van der Waals surface area contributed by atoms with Crippen molar-refractivity contribution in [2.45, 2.75) is 44.9 Å². The SMILES string of the molecule is C[C@H]1CC[C@H](c2ccc3c(c2)CCN(C)C3)N(C(=O)C(=O)OCC(F)(F)F)C1. The molecule has 154 valence electrons. The monoisotopic (exact) mass is 398 g/mol. The molecule has 8 heteroatoms. The standard InChI is InChI=1S/C20H25F3N2O3/c1-13-3-6-17(15-4-5-16-11-24(2)8-7-14(16)9-15)25(10-13)18(26)19(27)28-12-20(21,22)23/h4-5,9,13,17H,3,6-8,10-12H2,1-2H3/t13-,17+/m0/s1. The number of rotatable bonds is 2. The molecule has 28 heavy (non-hydrogen) atoms. The van der Waals surface area contributed by atoms with E-state index in [1.54, 1.807) is 0 Å². The van der Waals surface area contributed by atoms with E-state index >= 15 is 0 Å². The van der Waals surface area contributed by atoms with Crippen molar-refractivity contribution >= 4 is 11.9 Å². The van der Waals surface area contributed by atoms with Crippen molar-refractivity contribution in [1.29, 1.82) is 0 Å². The van der Waals surface area contributed by atoms with Gasteiger partial charge < -0.3 is 14.5 Å². The molecule has 1 saturated heterocycles. The number of alkyl halides is 3. The molecule has 0 aliphatic carbocycles. The summed E-state index contributed by atoms with van der Waals surface area (Å²) in [6.07, 6.45) is -2.20. The first-order valence-corrected chi connectivity index (χ1v) is 9.49. The number of esters is 1. The van der Waals surface area contributed by atoms with Gasteiger partial charge >= 0.3 is 18.1 Å². The molecule has 0 aromatic heterocycles. The van der Waals surface area contributed by atoms with Crippen LogP contribution in [0.5, 0.6) is 0 Å². The van der Waals surface area contributed by atoms with Gasteiger partial charge in [0.1, 0.15) is 0 Å². The zero-order chi connectivity index (χ0) is 20.5. The molecule has 1 aromatic carbocycles. The Hall–Kier alpha value is -2.09. The molecule has 2 heterocycles. The van der Waals surface area contributed by atoms with Gasteiger partial charge in [0.25, 0.3) is 0 Å². The Kier molecular flexibility index (Phi) is 5.98. The fourth-order valence-electron chi connectivity index (χ4n) is 3.97. The third-order valence-corrected chi connectivity index (χ3v) is 5.44. The Morgan fingerprint density at radius 3 is 2.68 bits per heavy atom. The minimum absolute atomic E-state index is 0.168. The van der Waals surface area contributed by atoms with Crippen LogP contribution in [0.1, 0.15) is 42.5 Å². The fraction of sp³-hybridized carbons (Fsp3) is 0.600. The van der Waals surface area contributed by atoms with Gasteiger partial charge in [-0.25, -0.2) is 4.79 Å². The van der Waals surface area contributed by atoms with Crippen LogP contribution in [-0.2, 0) is 27.3 Å². The van der Waals surface area contributed by atoms with Crippen LogP contribution in [0, 0.1) is 5.92 Å². The smallest absolute Gasteiger partial charge is 0.422 e. The second-order valence-corrected chi connectivity index (χ2v) is 7.86. The van der Waals surface area contributed by atoms with Crippen molar-refractivity contribution in [3.63, 3.8) is 0 Å². The van der Waals surface area contributed by atoms with Crippen LogP contribution < -0.4 is 0 Å². The molecule has 5 nitrogen and oxygen atoms in total. The zero-order valence-corrected chi connectivity index (χ0v) is 16.1. The molecule has 0 bridgehead atoms. The fourth-order valence-corrected chi connectivity index (χ4v) is 3.97. The average Bonchev–Trinajstić information content (AvgIpc) is 2.64. The molecule has 2 aliphatic rings. The largest absolute Gasteiger partial charge is 0.449 e. The molecule has 0 saturated carbocycles. The number of carbonyl (C=O) groups is 2. The number of halogens is 3. The number of hydrogen-bond acceptors (Lipinski definition) is 4. The van der Waals surface area contributed by atoms with Gasteiger partial charge in [0.05, 0.1) is 6.04 Å². The first kappa shape index (κ1) is 20.6. The van der Waals surface area contributed by atoms with Crippen LogP contribution in [0.4, 0.5) is 13.2 Å². The molecule has 2 atom stereocenters. The highest BCUT2D eigenvalue weighted by Gasteiger charge is 2.37. The van der Waals surface area contributed by atoms with Crippen LogP contribution in [0.2, 0.25) is 0 Å². The van der Waals surface area contributed by atoms with E-state index in [1.807, 2.05) is 19.1 Å². The van der Waals surface area contributed by atoms with E-state index in [0.717, 1.165) is 31.5 Å². The highest BCUT2D eigenvalue weighted by Crippen LogP contribution is 2.35. The van der Waals surface area contributed by atoms with E-state index in [9.17, 15) is 22.8 Å². The van der Waals surface area contributed by atoms with Crippen LogP contribution in [-0.4, -0.2) is 54.6 Å². The highest BCUT2D eigenvalue weighted by atomic mass is 19.4. The van der Waals surface area contributed by atoms with Crippen molar-refractivity contribution in [3.05, 3.63) is 34.9 Å². The number of likely N-dealkylation sites (tertiary alicyclic amines) is 1. The molecule has 1 amide bonds. The molecule has 0 N–H and O–H groups in total. The second kappa shape index (κ2) is 8.11. The topological polar surface area (TPSA) is 49.9 Å². The number of carbonyl (C=O) groups excluding carboxylic acids is 2. The normalized spacial score (nSPS) is 23.2. The van der Waals surface area contributed by atoms with E-state index < -0.39 is 24.7 Å². The van der Waals surface area contributed by atoms with Gasteiger partial charge in [0, 0.05) is 19.6 Å². The lowest BCUT2D eigenvalue weighted by Gasteiger charge is -2.39. The molecule has 1 aromatic rings. The third-order valence-electron chi connectivity index (χ3n) is 5.44. The summed E-state index contributed by atoms with van der Waals surface area (Å²) in [6, 6.07) is 5.75. The third kappa shape index (κ3) is 4.84. The molecule has 3 rings (SSSR count). The van der Waals surface area contributed by atoms with Crippen LogP contribution in [0.15, 0.2) is 18.2 Å². The number of likely N-dealkylation sites (N-methyl/N-ethyl adjacent to an activating group) is 1. The Labute approximate surface area is 162 Å². The van der Waals surface area contributed by atoms with Gasteiger partial charge in [0.2, 0.25) is 0 Å². The summed E-state index contributed by atoms with van der Waals surface area (Å²) in [5.74, 6) is -2.28. The quantitative estimate of drug-likeness (QED) is 0.568. The maximum absolute atomic E-state index is 12.6. The van der Waals surface area contributed by atoms with Gasteiger partial charge in [-0.2, -0.15) is 13.2 Å². The van der Waals surface area contributed by atoms with E-state index in [2.05, 4.69) is 22.8 Å². The minimum atomic E-state index is -4.66. The number of benzene rings is 1. The highest BCUT2D eigenvalue weighted by molar-refractivity contribution is 6.32.